The van der Waals surface area contributed by atoms with Gasteiger partial charge in [-0.3, -0.25) is 4.79 Å². The van der Waals surface area contributed by atoms with E-state index in [1.165, 1.54) is 24.3 Å². The SMILES string of the molecule is O=C(Nc1ccc(F)cc1)[C@@H]1OCCc2ccccc21. The number of rotatable bonds is 2. The first-order valence-electron chi connectivity index (χ1n) is 6.50. The Hall–Kier alpha value is -2.20. The van der Waals surface area contributed by atoms with Crippen molar-refractivity contribution < 1.29 is 13.9 Å². The van der Waals surface area contributed by atoms with Crippen molar-refractivity contribution in [1.82, 2.24) is 0 Å². The summed E-state index contributed by atoms with van der Waals surface area (Å²) in [6, 6.07) is 13.4. The maximum atomic E-state index is 12.8. The van der Waals surface area contributed by atoms with Crippen LogP contribution in [0, 0.1) is 5.82 Å². The number of nitrogens with one attached hydrogen (secondary N) is 1. The zero-order valence-corrected chi connectivity index (χ0v) is 10.8. The fourth-order valence-corrected chi connectivity index (χ4v) is 2.35. The lowest BCUT2D eigenvalue weighted by atomic mass is 9.97. The molecule has 0 saturated carbocycles. The zero-order chi connectivity index (χ0) is 13.9. The molecule has 0 bridgehead atoms. The number of amides is 1. The molecule has 0 aliphatic carbocycles. The summed E-state index contributed by atoms with van der Waals surface area (Å²) in [6.45, 7) is 0.526. The van der Waals surface area contributed by atoms with E-state index in [1.807, 2.05) is 24.3 Å². The molecule has 1 atom stereocenters. The van der Waals surface area contributed by atoms with Crippen molar-refractivity contribution in [3.63, 3.8) is 0 Å². The largest absolute Gasteiger partial charge is 0.363 e. The van der Waals surface area contributed by atoms with Gasteiger partial charge in [0.2, 0.25) is 0 Å². The lowest BCUT2D eigenvalue weighted by Crippen LogP contribution is -2.28. The fourth-order valence-electron chi connectivity index (χ4n) is 2.35. The van der Waals surface area contributed by atoms with Crippen LogP contribution < -0.4 is 5.32 Å². The molecule has 1 aliphatic heterocycles. The first-order valence-corrected chi connectivity index (χ1v) is 6.50. The van der Waals surface area contributed by atoms with Crippen LogP contribution >= 0.6 is 0 Å². The van der Waals surface area contributed by atoms with Gasteiger partial charge in [-0.15, -0.1) is 0 Å². The molecule has 1 amide bonds. The van der Waals surface area contributed by atoms with Crippen LogP contribution in [0.2, 0.25) is 0 Å². The van der Waals surface area contributed by atoms with Crippen LogP contribution in [-0.4, -0.2) is 12.5 Å². The number of fused-ring (bicyclic) bond motifs is 1. The topological polar surface area (TPSA) is 38.3 Å². The Labute approximate surface area is 116 Å². The first-order chi connectivity index (χ1) is 9.74. The van der Waals surface area contributed by atoms with Crippen molar-refractivity contribution >= 4 is 11.6 Å². The number of benzene rings is 2. The number of hydrogen-bond donors (Lipinski definition) is 1. The Kier molecular flexibility index (Phi) is 3.48. The van der Waals surface area contributed by atoms with Gasteiger partial charge < -0.3 is 10.1 Å². The highest BCUT2D eigenvalue weighted by Crippen LogP contribution is 2.28. The minimum atomic E-state index is -0.606. The number of anilines is 1. The minimum Gasteiger partial charge on any atom is -0.363 e. The molecule has 0 saturated heterocycles. The second-order valence-corrected chi connectivity index (χ2v) is 4.70. The first kappa shape index (κ1) is 12.8. The summed E-state index contributed by atoms with van der Waals surface area (Å²) < 4.78 is 18.4. The number of hydrogen-bond acceptors (Lipinski definition) is 2. The fraction of sp³-hybridized carbons (Fsp3) is 0.188. The van der Waals surface area contributed by atoms with Crippen molar-refractivity contribution in [3.8, 4) is 0 Å². The smallest absolute Gasteiger partial charge is 0.258 e. The Balaban J connectivity index is 1.80. The van der Waals surface area contributed by atoms with Crippen molar-refractivity contribution in [1.29, 1.82) is 0 Å². The van der Waals surface area contributed by atoms with Gasteiger partial charge in [-0.2, -0.15) is 0 Å². The predicted molar refractivity (Wildman–Crippen MR) is 73.9 cm³/mol. The van der Waals surface area contributed by atoms with E-state index in [-0.39, 0.29) is 11.7 Å². The molecule has 1 N–H and O–H groups in total. The van der Waals surface area contributed by atoms with E-state index in [2.05, 4.69) is 5.32 Å². The number of halogens is 1. The van der Waals surface area contributed by atoms with Crippen LogP contribution in [0.5, 0.6) is 0 Å². The molecule has 0 aromatic heterocycles. The summed E-state index contributed by atoms with van der Waals surface area (Å²) in [4.78, 5) is 12.3. The molecule has 3 rings (SSSR count). The van der Waals surface area contributed by atoms with E-state index in [0.29, 0.717) is 12.3 Å². The van der Waals surface area contributed by atoms with Crippen LogP contribution in [0.3, 0.4) is 0 Å². The summed E-state index contributed by atoms with van der Waals surface area (Å²) in [6.07, 6.45) is 0.209. The minimum absolute atomic E-state index is 0.233. The highest BCUT2D eigenvalue weighted by molar-refractivity contribution is 5.95. The molecular weight excluding hydrogens is 257 g/mol. The van der Waals surface area contributed by atoms with E-state index in [9.17, 15) is 9.18 Å². The molecule has 4 heteroatoms. The molecular formula is C16H14FNO2. The third-order valence-corrected chi connectivity index (χ3v) is 3.34. The van der Waals surface area contributed by atoms with Gasteiger partial charge in [0.05, 0.1) is 6.61 Å². The van der Waals surface area contributed by atoms with Crippen LogP contribution in [0.15, 0.2) is 48.5 Å². The van der Waals surface area contributed by atoms with Crippen molar-refractivity contribution in [3.05, 3.63) is 65.5 Å². The van der Waals surface area contributed by atoms with Crippen molar-refractivity contribution in [2.24, 2.45) is 0 Å². The summed E-state index contributed by atoms with van der Waals surface area (Å²) in [5.74, 6) is -0.564. The number of carbonyl (C=O) groups is 1. The van der Waals surface area contributed by atoms with Gasteiger partial charge in [0, 0.05) is 5.69 Å². The van der Waals surface area contributed by atoms with Crippen molar-refractivity contribution in [2.45, 2.75) is 12.5 Å². The molecule has 0 spiro atoms. The molecule has 3 nitrogen and oxygen atoms in total. The van der Waals surface area contributed by atoms with Gasteiger partial charge in [-0.25, -0.2) is 4.39 Å². The van der Waals surface area contributed by atoms with E-state index in [4.69, 9.17) is 4.74 Å². The van der Waals surface area contributed by atoms with Crippen molar-refractivity contribution in [2.75, 3.05) is 11.9 Å². The molecule has 20 heavy (non-hydrogen) atoms. The lowest BCUT2D eigenvalue weighted by Gasteiger charge is -2.25. The second kappa shape index (κ2) is 5.43. The maximum Gasteiger partial charge on any atom is 0.258 e. The number of carbonyl (C=O) groups excluding carboxylic acids is 1. The zero-order valence-electron chi connectivity index (χ0n) is 10.8. The van der Waals surface area contributed by atoms with Gasteiger partial charge in [-0.1, -0.05) is 24.3 Å². The quantitative estimate of drug-likeness (QED) is 0.911. The molecule has 1 aliphatic rings. The lowest BCUT2D eigenvalue weighted by molar-refractivity contribution is -0.128. The van der Waals surface area contributed by atoms with Crippen LogP contribution in [0.1, 0.15) is 17.2 Å². The highest BCUT2D eigenvalue weighted by Gasteiger charge is 2.27. The monoisotopic (exact) mass is 271 g/mol. The Morgan fingerprint density at radius 1 is 1.15 bits per heavy atom. The normalized spacial score (nSPS) is 17.4. The molecule has 102 valence electrons. The van der Waals surface area contributed by atoms with Gasteiger partial charge in [0.1, 0.15) is 5.82 Å². The van der Waals surface area contributed by atoms with E-state index >= 15 is 0 Å². The van der Waals surface area contributed by atoms with Gasteiger partial charge in [0.15, 0.2) is 6.10 Å². The van der Waals surface area contributed by atoms with Gasteiger partial charge in [0.25, 0.3) is 5.91 Å². The molecule has 2 aromatic rings. The summed E-state index contributed by atoms with van der Waals surface area (Å²) in [7, 11) is 0. The maximum absolute atomic E-state index is 12.8. The third-order valence-electron chi connectivity index (χ3n) is 3.34. The predicted octanol–water partition coefficient (Wildman–Crippen LogP) is 3.08. The van der Waals surface area contributed by atoms with E-state index in [1.54, 1.807) is 0 Å². The second-order valence-electron chi connectivity index (χ2n) is 4.70. The summed E-state index contributed by atoms with van der Waals surface area (Å²) >= 11 is 0. The van der Waals surface area contributed by atoms with E-state index < -0.39 is 6.10 Å². The molecule has 1 heterocycles. The van der Waals surface area contributed by atoms with Gasteiger partial charge >= 0.3 is 0 Å². The third kappa shape index (κ3) is 2.56. The van der Waals surface area contributed by atoms with E-state index in [0.717, 1.165) is 17.5 Å². The average Bonchev–Trinajstić information content (AvgIpc) is 2.49. The highest BCUT2D eigenvalue weighted by atomic mass is 19.1. The Morgan fingerprint density at radius 2 is 1.90 bits per heavy atom. The molecule has 0 radical (unpaired) electrons. The molecule has 0 fully saturated rings. The van der Waals surface area contributed by atoms with Crippen LogP contribution in [-0.2, 0) is 16.0 Å². The summed E-state index contributed by atoms with van der Waals surface area (Å²) in [5.41, 5.74) is 2.60. The van der Waals surface area contributed by atoms with Gasteiger partial charge in [-0.05, 0) is 41.8 Å². The summed E-state index contributed by atoms with van der Waals surface area (Å²) in [5, 5.41) is 2.75. The molecule has 0 unspecified atom stereocenters. The Bertz CT molecular complexity index is 625. The van der Waals surface area contributed by atoms with Crippen LogP contribution in [0.25, 0.3) is 0 Å². The standard InChI is InChI=1S/C16H14FNO2/c17-12-5-7-13(8-6-12)18-16(19)15-14-4-2-1-3-11(14)9-10-20-15/h1-8,15H,9-10H2,(H,18,19)/t15-/m1/s1. The molecule has 2 aromatic carbocycles. The average molecular weight is 271 g/mol. The number of ether oxygens (including phenoxy) is 1. The van der Waals surface area contributed by atoms with Crippen LogP contribution in [0.4, 0.5) is 10.1 Å². The Morgan fingerprint density at radius 3 is 2.70 bits per heavy atom.